The second-order valence-electron chi connectivity index (χ2n) is 7.87. The molecule has 6 heteroatoms. The lowest BCUT2D eigenvalue weighted by molar-refractivity contribution is 0.0433. The molecule has 5 nitrogen and oxygen atoms in total. The molecule has 1 atom stereocenters. The van der Waals surface area contributed by atoms with Gasteiger partial charge in [-0.1, -0.05) is 20.8 Å². The summed E-state index contributed by atoms with van der Waals surface area (Å²) < 4.78 is 16.5. The first-order chi connectivity index (χ1) is 9.28. The Morgan fingerprint density at radius 3 is 2.00 bits per heavy atom. The number of alkyl carbamates (subject to hydrolysis) is 1. The fourth-order valence-corrected chi connectivity index (χ4v) is 2.38. The van der Waals surface area contributed by atoms with E-state index in [-0.39, 0.29) is 11.1 Å². The summed E-state index contributed by atoms with van der Waals surface area (Å²) in [6, 6.07) is -0.209. The topological polar surface area (TPSA) is 56.8 Å². The maximum atomic E-state index is 11.8. The van der Waals surface area contributed by atoms with Crippen LogP contribution in [0.3, 0.4) is 0 Å². The highest BCUT2D eigenvalue weighted by Gasteiger charge is 2.37. The zero-order valence-electron chi connectivity index (χ0n) is 15.1. The Labute approximate surface area is 130 Å². The van der Waals surface area contributed by atoms with E-state index in [0.717, 1.165) is 0 Å². The molecule has 0 saturated heterocycles. The molecule has 0 bridgehead atoms. The van der Waals surface area contributed by atoms with Gasteiger partial charge >= 0.3 is 6.09 Å². The summed E-state index contributed by atoms with van der Waals surface area (Å²) in [5.41, 5.74) is -0.512. The molecule has 1 unspecified atom stereocenters. The van der Waals surface area contributed by atoms with E-state index in [1.54, 1.807) is 7.11 Å². The molecule has 0 saturated carbocycles. The Kier molecular flexibility index (Phi) is 7.39. The summed E-state index contributed by atoms with van der Waals surface area (Å²) in [5, 5.41) is 2.95. The van der Waals surface area contributed by atoms with Crippen LogP contribution in [0.25, 0.3) is 0 Å². The Morgan fingerprint density at radius 2 is 1.62 bits per heavy atom. The van der Waals surface area contributed by atoms with Gasteiger partial charge in [-0.25, -0.2) is 4.79 Å². The molecular weight excluding hydrogens is 286 g/mol. The molecule has 0 heterocycles. The van der Waals surface area contributed by atoms with Crippen LogP contribution in [-0.4, -0.2) is 46.4 Å². The van der Waals surface area contributed by atoms with Crippen LogP contribution in [0.15, 0.2) is 0 Å². The summed E-state index contributed by atoms with van der Waals surface area (Å²) in [6.07, 6.45) is -0.441. The number of carbonyl (C=O) groups excluding carboxylic acids is 1. The maximum absolute atomic E-state index is 11.8. The van der Waals surface area contributed by atoms with E-state index in [1.807, 2.05) is 20.8 Å². The molecule has 0 aromatic carbocycles. The minimum atomic E-state index is -1.84. The van der Waals surface area contributed by atoms with Gasteiger partial charge in [0.1, 0.15) is 5.60 Å². The van der Waals surface area contributed by atoms with Crippen molar-refractivity contribution in [1.82, 2.24) is 5.32 Å². The third-order valence-corrected chi connectivity index (χ3v) is 8.04. The molecule has 1 N–H and O–H groups in total. The van der Waals surface area contributed by atoms with Gasteiger partial charge in [0, 0.05) is 7.11 Å². The van der Waals surface area contributed by atoms with Crippen molar-refractivity contribution in [2.45, 2.75) is 71.3 Å². The second kappa shape index (κ2) is 7.60. The van der Waals surface area contributed by atoms with Crippen molar-refractivity contribution in [3.05, 3.63) is 0 Å². The predicted octanol–water partition coefficient (Wildman–Crippen LogP) is 3.55. The number of carbonyl (C=O) groups is 1. The Bertz CT molecular complexity index is 332. The monoisotopic (exact) mass is 319 g/mol. The summed E-state index contributed by atoms with van der Waals surface area (Å²) in [6.45, 7) is 17.3. The van der Waals surface area contributed by atoms with E-state index >= 15 is 0 Å². The van der Waals surface area contributed by atoms with Crippen LogP contribution < -0.4 is 5.32 Å². The molecule has 0 aromatic heterocycles. The molecule has 0 fully saturated rings. The van der Waals surface area contributed by atoms with Crippen LogP contribution in [-0.2, 0) is 13.9 Å². The van der Waals surface area contributed by atoms with Crippen LogP contribution in [0, 0.1) is 0 Å². The third-order valence-electron chi connectivity index (χ3n) is 3.54. The second-order valence-corrected chi connectivity index (χ2v) is 12.7. The fraction of sp³-hybridized carbons (Fsp3) is 0.933. The van der Waals surface area contributed by atoms with Gasteiger partial charge in [0.15, 0.2) is 8.32 Å². The molecule has 0 aliphatic rings. The standard InChI is InChI=1S/C15H33NO4Si/c1-14(2,3)20-13(17)16-12(10-18-7)11-19-21(8,9)15(4,5)6/h12H,10-11H2,1-9H3,(H,16,17). The number of rotatable bonds is 6. The van der Waals surface area contributed by atoms with Crippen molar-refractivity contribution in [3.8, 4) is 0 Å². The predicted molar refractivity (Wildman–Crippen MR) is 88.2 cm³/mol. The first-order valence-corrected chi connectivity index (χ1v) is 10.3. The number of hydrogen-bond acceptors (Lipinski definition) is 4. The Balaban J connectivity index is 4.54. The highest BCUT2D eigenvalue weighted by molar-refractivity contribution is 6.74. The lowest BCUT2D eigenvalue weighted by Crippen LogP contribution is -2.48. The van der Waals surface area contributed by atoms with Gasteiger partial charge in [0.2, 0.25) is 0 Å². The van der Waals surface area contributed by atoms with Crippen molar-refractivity contribution < 1.29 is 18.7 Å². The van der Waals surface area contributed by atoms with Gasteiger partial charge < -0.3 is 19.2 Å². The smallest absolute Gasteiger partial charge is 0.408 e. The van der Waals surface area contributed by atoms with E-state index < -0.39 is 20.0 Å². The van der Waals surface area contributed by atoms with Gasteiger partial charge in [-0.3, -0.25) is 0 Å². The quantitative estimate of drug-likeness (QED) is 0.761. The van der Waals surface area contributed by atoms with Crippen molar-refractivity contribution in [2.75, 3.05) is 20.3 Å². The molecule has 0 rings (SSSR count). The zero-order valence-corrected chi connectivity index (χ0v) is 16.1. The van der Waals surface area contributed by atoms with E-state index in [4.69, 9.17) is 13.9 Å². The summed E-state index contributed by atoms with van der Waals surface area (Å²) in [4.78, 5) is 11.8. The minimum Gasteiger partial charge on any atom is -0.444 e. The Morgan fingerprint density at radius 1 is 1.10 bits per heavy atom. The SMILES string of the molecule is COCC(CO[Si](C)(C)C(C)(C)C)NC(=O)OC(C)(C)C. The van der Waals surface area contributed by atoms with E-state index in [0.29, 0.717) is 13.2 Å². The average Bonchev–Trinajstić information content (AvgIpc) is 2.22. The van der Waals surface area contributed by atoms with Gasteiger partial charge in [-0.2, -0.15) is 0 Å². The fourth-order valence-electron chi connectivity index (χ4n) is 1.33. The highest BCUT2D eigenvalue weighted by atomic mass is 28.4. The number of amides is 1. The van der Waals surface area contributed by atoms with Crippen LogP contribution in [0.4, 0.5) is 4.79 Å². The van der Waals surface area contributed by atoms with E-state index in [1.165, 1.54) is 0 Å². The van der Waals surface area contributed by atoms with Crippen molar-refractivity contribution in [3.63, 3.8) is 0 Å². The van der Waals surface area contributed by atoms with Crippen LogP contribution >= 0.6 is 0 Å². The van der Waals surface area contributed by atoms with Crippen molar-refractivity contribution in [1.29, 1.82) is 0 Å². The molecule has 21 heavy (non-hydrogen) atoms. The number of methoxy groups -OCH3 is 1. The van der Waals surface area contributed by atoms with Crippen molar-refractivity contribution in [2.24, 2.45) is 0 Å². The number of nitrogens with one attached hydrogen (secondary N) is 1. The lowest BCUT2D eigenvalue weighted by atomic mass is 10.2. The molecule has 1 amide bonds. The van der Waals surface area contributed by atoms with Gasteiger partial charge in [0.25, 0.3) is 0 Å². The number of ether oxygens (including phenoxy) is 2. The highest BCUT2D eigenvalue weighted by Crippen LogP contribution is 2.36. The molecule has 0 radical (unpaired) electrons. The largest absolute Gasteiger partial charge is 0.444 e. The zero-order chi connectivity index (χ0) is 16.9. The first kappa shape index (κ1) is 20.4. The molecule has 0 aromatic rings. The summed E-state index contributed by atoms with van der Waals surface area (Å²) >= 11 is 0. The van der Waals surface area contributed by atoms with Crippen LogP contribution in [0.5, 0.6) is 0 Å². The third kappa shape index (κ3) is 8.43. The van der Waals surface area contributed by atoms with Gasteiger partial charge in [0.05, 0.1) is 19.3 Å². The molecule has 0 spiro atoms. The van der Waals surface area contributed by atoms with E-state index in [2.05, 4.69) is 39.2 Å². The van der Waals surface area contributed by atoms with Crippen LogP contribution in [0.1, 0.15) is 41.5 Å². The van der Waals surface area contributed by atoms with Gasteiger partial charge in [-0.05, 0) is 38.9 Å². The normalized spacial score (nSPS) is 14.7. The lowest BCUT2D eigenvalue weighted by Gasteiger charge is -2.37. The van der Waals surface area contributed by atoms with Crippen molar-refractivity contribution >= 4 is 14.4 Å². The molecule has 0 aliphatic heterocycles. The maximum Gasteiger partial charge on any atom is 0.408 e. The molecular formula is C15H33NO4Si. The molecule has 0 aliphatic carbocycles. The summed E-state index contributed by atoms with van der Waals surface area (Å²) in [7, 11) is -0.235. The molecule has 126 valence electrons. The van der Waals surface area contributed by atoms with E-state index in [9.17, 15) is 4.79 Å². The Hall–Kier alpha value is -0.593. The average molecular weight is 320 g/mol. The first-order valence-electron chi connectivity index (χ1n) is 7.41. The minimum absolute atomic E-state index is 0.135. The van der Waals surface area contributed by atoms with Gasteiger partial charge in [-0.15, -0.1) is 0 Å². The number of hydrogen-bond donors (Lipinski definition) is 1. The summed E-state index contributed by atoms with van der Waals surface area (Å²) in [5.74, 6) is 0. The van der Waals surface area contributed by atoms with Crippen LogP contribution in [0.2, 0.25) is 18.1 Å².